The number of nitrogens with one attached hydrogen (secondary N) is 2. The Labute approximate surface area is 634 Å². The smallest absolute Gasteiger partial charge is 0.226 e. The van der Waals surface area contributed by atoms with Crippen molar-refractivity contribution in [2.45, 2.75) is 253 Å². The summed E-state index contributed by atoms with van der Waals surface area (Å²) in [5.74, 6) is -2.02. The summed E-state index contributed by atoms with van der Waals surface area (Å²) in [6, 6.07) is 50.7. The van der Waals surface area contributed by atoms with Crippen LogP contribution in [-0.4, -0.2) is 166 Å². The van der Waals surface area contributed by atoms with Crippen LogP contribution >= 0.6 is 0 Å². The number of imide groups is 4. The predicted molar refractivity (Wildman–Crippen MR) is 434 cm³/mol. The van der Waals surface area contributed by atoms with Crippen LogP contribution in [0.5, 0.6) is 0 Å². The van der Waals surface area contributed by atoms with Crippen molar-refractivity contribution in [2.24, 2.45) is 15.7 Å². The largest absolute Gasteiger partial charge is 0.395 e. The monoisotopic (exact) mass is 1470 g/mol. The van der Waals surface area contributed by atoms with Crippen molar-refractivity contribution in [2.75, 3.05) is 40.0 Å². The number of carbonyl (C=O) groups excluding carboxylic acids is 8. The van der Waals surface area contributed by atoms with Gasteiger partial charge in [0.25, 0.3) is 0 Å². The van der Waals surface area contributed by atoms with Gasteiger partial charge in [-0.3, -0.25) is 73.2 Å². The number of nitrogens with two attached hydrogens (primary N) is 1. The topological polar surface area (TPSA) is 286 Å². The Morgan fingerprint density at radius 1 is 0.457 bits per heavy atom. The predicted octanol–water partition coefficient (Wildman–Crippen LogP) is 14.4. The molecule has 7 atom stereocenters. The summed E-state index contributed by atoms with van der Waals surface area (Å²) in [5, 5.41) is 21.6. The van der Waals surface area contributed by atoms with Gasteiger partial charge in [0.1, 0.15) is 0 Å². The van der Waals surface area contributed by atoms with E-state index in [1.165, 1.54) is 105 Å². The lowest BCUT2D eigenvalue weighted by molar-refractivity contribution is -0.144. The maximum atomic E-state index is 11.6. The fourth-order valence-electron chi connectivity index (χ4n) is 9.37. The number of rotatable bonds is 28. The molecule has 21 heteroatoms. The quantitative estimate of drug-likeness (QED) is 0.0177. The van der Waals surface area contributed by atoms with E-state index in [4.69, 9.17) is 25.6 Å². The van der Waals surface area contributed by atoms with Crippen LogP contribution in [0, 0.1) is 0 Å². The highest BCUT2D eigenvalue weighted by Gasteiger charge is 2.40. The van der Waals surface area contributed by atoms with Crippen molar-refractivity contribution < 1.29 is 58.2 Å². The van der Waals surface area contributed by atoms with Gasteiger partial charge in [0.15, 0.2) is 6.23 Å². The zero-order valence-corrected chi connectivity index (χ0v) is 67.4. The second kappa shape index (κ2) is 72.7. The van der Waals surface area contributed by atoms with Gasteiger partial charge in [-0.15, -0.1) is 0 Å². The molecule has 0 spiro atoms. The van der Waals surface area contributed by atoms with Gasteiger partial charge in [0.2, 0.25) is 47.3 Å². The molecule has 5 aromatic rings. The van der Waals surface area contributed by atoms with E-state index in [1.807, 2.05) is 191 Å². The minimum Gasteiger partial charge on any atom is -0.395 e. The summed E-state index contributed by atoms with van der Waals surface area (Å²) in [4.78, 5) is 111. The molecule has 0 radical (unpaired) electrons. The first-order valence-corrected chi connectivity index (χ1v) is 36.9. The second-order valence-electron chi connectivity index (χ2n) is 22.3. The first kappa shape index (κ1) is 108. The molecular weight excluding hydrogens is 1330 g/mol. The van der Waals surface area contributed by atoms with Gasteiger partial charge in [-0.2, -0.15) is 10.5 Å². The van der Waals surface area contributed by atoms with E-state index < -0.39 is 0 Å². The van der Waals surface area contributed by atoms with Crippen LogP contribution < -0.4 is 16.5 Å². The van der Waals surface area contributed by atoms with Crippen LogP contribution in [-0.2, 0) is 80.1 Å². The molecule has 1 heterocycles. The average molecular weight is 1470 g/mol. The maximum Gasteiger partial charge on any atom is 0.226 e. The van der Waals surface area contributed by atoms with Gasteiger partial charge in [0.05, 0.1) is 51.0 Å². The van der Waals surface area contributed by atoms with Crippen LogP contribution in [0.3, 0.4) is 0 Å². The lowest BCUT2D eigenvalue weighted by Gasteiger charge is -2.24. The fourth-order valence-corrected chi connectivity index (χ4v) is 9.37. The highest BCUT2D eigenvalue weighted by atomic mass is 16.8. The van der Waals surface area contributed by atoms with Crippen LogP contribution in [0.25, 0.3) is 0 Å². The second-order valence-corrected chi connectivity index (χ2v) is 22.3. The molecule has 21 nitrogen and oxygen atoms in total. The Bertz CT molecular complexity index is 2930. The van der Waals surface area contributed by atoms with E-state index >= 15 is 0 Å². The normalized spacial score (nSPS) is 13.0. The van der Waals surface area contributed by atoms with Crippen molar-refractivity contribution in [1.82, 2.24) is 30.6 Å². The number of aliphatic hydroxyl groups is 2. The Kier molecular flexibility index (Phi) is 74.5. The SMILES string of the molecule is C.CC.CC.CC.CC.CC.CC(=O)N(CC(CCc1ccccc1)N1OC1C)C(C)=O.CC(=O)NC(C)=O.CC=NC(CCc1ccccc1)CN(C(C)=O)C(C)=O.CC=NC(CO)CCc1ccccc1.CONC(CCc1ccccc1)CN(C(C)=O)C(C)=O.NC(CO)CCc1ccccc1. The van der Waals surface area contributed by atoms with Crippen LogP contribution in [0.15, 0.2) is 162 Å². The van der Waals surface area contributed by atoms with E-state index in [9.17, 15) is 38.4 Å². The highest BCUT2D eigenvalue weighted by Crippen LogP contribution is 2.27. The Morgan fingerprint density at radius 2 is 0.733 bits per heavy atom. The molecule has 8 amide bonds. The fraction of sp³-hybridized carbons (Fsp3) is 0.524. The zero-order valence-electron chi connectivity index (χ0n) is 67.4. The van der Waals surface area contributed by atoms with Crippen LogP contribution in [0.2, 0.25) is 0 Å². The number of aryl methyl sites for hydroxylation is 5. The van der Waals surface area contributed by atoms with Crippen molar-refractivity contribution in [3.05, 3.63) is 179 Å². The molecular formula is C84H139N9O12. The lowest BCUT2D eigenvalue weighted by atomic mass is 10.0. The summed E-state index contributed by atoms with van der Waals surface area (Å²) in [7, 11) is 1.53. The standard InChI is InChI=1S/C16H22N2O3.C16H22N2O2.C15H22N2O3.C12H17NO.C10H15NO.C4H7NO2.5C2H6.CH4/c1-12(19)17(13(2)20)11-16(18-14(3)21-18)10-9-15-7-5-4-6-8-15;1-4-17-16(12-18(13(2)19)14(3)20)11-10-15-8-6-5-7-9-15;1-12(18)17(13(2)19)11-15(16-20-3)10-9-14-7-5-4-6-8-14;1-2-13-12(10-14)9-8-11-6-4-3-5-7-11;11-10(8-12)7-6-9-4-2-1-3-5-9;1-3(6)5-4(2)7;5*1-2;/h4-8,14,16H,9-11H2,1-3H3;4-9,16H,10-12H2,1-3H3;4-8,15-16H,9-11H2,1-3H3;2-7,12,14H,8-10H2,1H3;1-5,10,12H,6-8,11H2;1-2H3,(H,5,6,7);5*1-2H3;1H4. The Morgan fingerprint density at radius 3 is 1.00 bits per heavy atom. The van der Waals surface area contributed by atoms with E-state index in [0.717, 1.165) is 64.2 Å². The van der Waals surface area contributed by atoms with Crippen molar-refractivity contribution in [3.8, 4) is 0 Å². The minimum atomic E-state index is -0.312. The third-order valence-corrected chi connectivity index (χ3v) is 14.3. The van der Waals surface area contributed by atoms with Gasteiger partial charge in [0, 0.05) is 74.5 Å². The molecule has 1 aliphatic rings. The molecule has 6 N–H and O–H groups in total. The first-order chi connectivity index (χ1) is 49.9. The van der Waals surface area contributed by atoms with Gasteiger partial charge in [-0.05, 0) is 125 Å². The molecule has 1 aliphatic heterocycles. The van der Waals surface area contributed by atoms with E-state index in [1.54, 1.807) is 12.4 Å². The molecule has 0 bridgehead atoms. The molecule has 7 unspecified atom stereocenters. The molecule has 592 valence electrons. The molecule has 5 aromatic carbocycles. The Hall–Kier alpha value is -8.28. The van der Waals surface area contributed by atoms with Gasteiger partial charge in [-0.25, -0.2) is 0 Å². The number of aliphatic hydroxyl groups excluding tert-OH is 2. The van der Waals surface area contributed by atoms with Crippen LogP contribution in [0.4, 0.5) is 0 Å². The number of benzene rings is 5. The maximum absolute atomic E-state index is 11.6. The van der Waals surface area contributed by atoms with E-state index in [-0.39, 0.29) is 104 Å². The number of amides is 8. The molecule has 0 aromatic heterocycles. The zero-order chi connectivity index (χ0) is 80.2. The number of hydroxylamine groups is 3. The molecule has 105 heavy (non-hydrogen) atoms. The van der Waals surface area contributed by atoms with Crippen molar-refractivity contribution in [1.29, 1.82) is 0 Å². The van der Waals surface area contributed by atoms with E-state index in [0.29, 0.717) is 19.6 Å². The summed E-state index contributed by atoms with van der Waals surface area (Å²) in [5.41, 5.74) is 14.7. The molecule has 0 aliphatic carbocycles. The highest BCUT2D eigenvalue weighted by molar-refractivity contribution is 5.94. The molecule has 1 saturated heterocycles. The summed E-state index contributed by atoms with van der Waals surface area (Å²) >= 11 is 0. The van der Waals surface area contributed by atoms with Gasteiger partial charge in [-0.1, -0.05) is 228 Å². The van der Waals surface area contributed by atoms with Gasteiger partial charge >= 0.3 is 0 Å². The van der Waals surface area contributed by atoms with Crippen LogP contribution in [0.1, 0.15) is 213 Å². The number of hydrogen-bond acceptors (Lipinski definition) is 17. The average Bonchev–Trinajstić information content (AvgIpc) is 1.67. The lowest BCUT2D eigenvalue weighted by Crippen LogP contribution is -2.45. The number of carbonyl (C=O) groups is 8. The summed E-state index contributed by atoms with van der Waals surface area (Å²) in [6.45, 7) is 38.0. The third-order valence-electron chi connectivity index (χ3n) is 14.3. The van der Waals surface area contributed by atoms with Crippen molar-refractivity contribution >= 4 is 59.7 Å². The number of hydrogen-bond donors (Lipinski definition) is 5. The number of nitrogens with zero attached hydrogens (tertiary/aromatic N) is 6. The van der Waals surface area contributed by atoms with E-state index in [2.05, 4.69) is 76.1 Å². The van der Waals surface area contributed by atoms with Gasteiger partial charge < -0.3 is 20.8 Å². The number of aliphatic imine (C=N–C) groups is 2. The minimum absolute atomic E-state index is 0. The Balaban J connectivity index is -0.000000278. The first-order valence-electron chi connectivity index (χ1n) is 36.9. The summed E-state index contributed by atoms with van der Waals surface area (Å²) in [6.07, 6.45) is 12.3. The molecule has 0 saturated carbocycles. The molecule has 6 rings (SSSR count). The van der Waals surface area contributed by atoms with Crippen molar-refractivity contribution in [3.63, 3.8) is 0 Å². The summed E-state index contributed by atoms with van der Waals surface area (Å²) < 4.78 is 0. The third kappa shape index (κ3) is 58.7. The molecule has 1 fully saturated rings.